The van der Waals surface area contributed by atoms with E-state index in [9.17, 15) is 4.39 Å². The molecule has 0 bridgehead atoms. The average molecular weight is 274 g/mol. The van der Waals surface area contributed by atoms with Crippen LogP contribution in [0.1, 0.15) is 44.6 Å². The molecule has 3 rings (SSSR count). The van der Waals surface area contributed by atoms with Gasteiger partial charge in [-0.05, 0) is 25.0 Å². The highest BCUT2D eigenvalue weighted by Crippen LogP contribution is 2.30. The quantitative estimate of drug-likeness (QED) is 0.852. The van der Waals surface area contributed by atoms with Gasteiger partial charge < -0.3 is 5.73 Å². The maximum Gasteiger partial charge on any atom is 0.141 e. The van der Waals surface area contributed by atoms with Crippen molar-refractivity contribution in [3.05, 3.63) is 30.3 Å². The van der Waals surface area contributed by atoms with Crippen LogP contribution in [0.25, 0.3) is 11.4 Å². The molecule has 0 spiro atoms. The van der Waals surface area contributed by atoms with Gasteiger partial charge in [-0.2, -0.15) is 5.10 Å². The maximum atomic E-state index is 12.9. The molecule has 1 aliphatic carbocycles. The van der Waals surface area contributed by atoms with Crippen LogP contribution in [0.3, 0.4) is 0 Å². The van der Waals surface area contributed by atoms with Gasteiger partial charge in [-0.25, -0.2) is 4.39 Å². The molecule has 0 radical (unpaired) electrons. The molecular formula is C15H19FN4. The number of halogens is 1. The van der Waals surface area contributed by atoms with E-state index in [2.05, 4.69) is 10.1 Å². The van der Waals surface area contributed by atoms with E-state index in [0.29, 0.717) is 23.1 Å². The van der Waals surface area contributed by atoms with E-state index < -0.39 is 0 Å². The second kappa shape index (κ2) is 5.61. The van der Waals surface area contributed by atoms with Crippen molar-refractivity contribution in [1.82, 2.24) is 14.8 Å². The molecule has 5 heteroatoms. The van der Waals surface area contributed by atoms with Gasteiger partial charge >= 0.3 is 0 Å². The third-order valence-corrected chi connectivity index (χ3v) is 3.93. The van der Waals surface area contributed by atoms with Gasteiger partial charge in [-0.15, -0.1) is 0 Å². The molecular weight excluding hydrogens is 255 g/mol. The molecule has 2 aromatic heterocycles. The molecule has 106 valence electrons. The first-order chi connectivity index (χ1) is 9.74. The first-order valence-electron chi connectivity index (χ1n) is 7.20. The lowest BCUT2D eigenvalue weighted by atomic mass is 10.1. The zero-order valence-corrected chi connectivity index (χ0v) is 11.4. The fourth-order valence-electron chi connectivity index (χ4n) is 2.83. The van der Waals surface area contributed by atoms with Crippen LogP contribution in [0.4, 0.5) is 10.1 Å². The van der Waals surface area contributed by atoms with Crippen LogP contribution in [0, 0.1) is 5.82 Å². The number of hydrogen-bond donors (Lipinski definition) is 1. The number of anilines is 1. The lowest BCUT2D eigenvalue weighted by Gasteiger charge is -2.14. The molecule has 1 saturated carbocycles. The monoisotopic (exact) mass is 274 g/mol. The molecule has 0 aromatic carbocycles. The normalized spacial score (nSPS) is 17.1. The molecule has 0 aliphatic heterocycles. The van der Waals surface area contributed by atoms with Crippen molar-refractivity contribution in [1.29, 1.82) is 0 Å². The highest BCUT2D eigenvalue weighted by Gasteiger charge is 2.18. The van der Waals surface area contributed by atoms with Crippen LogP contribution in [0.5, 0.6) is 0 Å². The number of rotatable bonds is 2. The van der Waals surface area contributed by atoms with Gasteiger partial charge in [-0.1, -0.05) is 25.7 Å². The Morgan fingerprint density at radius 3 is 2.55 bits per heavy atom. The molecule has 2 heterocycles. The minimum atomic E-state index is -0.351. The Balaban J connectivity index is 1.88. The number of nitrogens with zero attached hydrogens (tertiary/aromatic N) is 3. The Hall–Kier alpha value is -1.91. The summed E-state index contributed by atoms with van der Waals surface area (Å²) in [6.45, 7) is 0. The molecule has 2 aromatic rings. The van der Waals surface area contributed by atoms with Crippen LogP contribution in [0.15, 0.2) is 24.5 Å². The van der Waals surface area contributed by atoms with Crippen molar-refractivity contribution >= 4 is 5.69 Å². The molecule has 0 amide bonds. The van der Waals surface area contributed by atoms with E-state index >= 15 is 0 Å². The summed E-state index contributed by atoms with van der Waals surface area (Å²) in [5, 5.41) is 4.58. The number of hydrogen-bond acceptors (Lipinski definition) is 3. The Morgan fingerprint density at radius 2 is 1.90 bits per heavy atom. The molecule has 4 nitrogen and oxygen atoms in total. The molecule has 0 unspecified atom stereocenters. The summed E-state index contributed by atoms with van der Waals surface area (Å²) >= 11 is 0. The van der Waals surface area contributed by atoms with Crippen molar-refractivity contribution in [3.63, 3.8) is 0 Å². The van der Waals surface area contributed by atoms with Gasteiger partial charge in [0, 0.05) is 6.20 Å². The van der Waals surface area contributed by atoms with E-state index in [-0.39, 0.29) is 5.82 Å². The fourth-order valence-corrected chi connectivity index (χ4v) is 2.83. The Bertz CT molecular complexity index is 568. The van der Waals surface area contributed by atoms with Gasteiger partial charge in [0.25, 0.3) is 0 Å². The summed E-state index contributed by atoms with van der Waals surface area (Å²) in [6, 6.07) is 3.42. The zero-order valence-electron chi connectivity index (χ0n) is 11.4. The Morgan fingerprint density at radius 1 is 1.15 bits per heavy atom. The van der Waals surface area contributed by atoms with Gasteiger partial charge in [0.1, 0.15) is 11.5 Å². The zero-order chi connectivity index (χ0) is 13.9. The third-order valence-electron chi connectivity index (χ3n) is 3.93. The number of aromatic nitrogens is 3. The minimum Gasteiger partial charge on any atom is -0.396 e. The van der Waals surface area contributed by atoms with Gasteiger partial charge in [0.2, 0.25) is 0 Å². The molecule has 1 fully saturated rings. The molecule has 2 N–H and O–H groups in total. The largest absolute Gasteiger partial charge is 0.396 e. The topological polar surface area (TPSA) is 56.7 Å². The van der Waals surface area contributed by atoms with Gasteiger partial charge in [0.15, 0.2) is 0 Å². The molecule has 1 aliphatic rings. The summed E-state index contributed by atoms with van der Waals surface area (Å²) in [5.74, 6) is -0.351. The molecule has 20 heavy (non-hydrogen) atoms. The standard InChI is InChI=1S/C15H19FN4/c16-11-7-8-14(18-9-11)15-13(17)10-20(19-15)12-5-3-1-2-4-6-12/h7-10,12H,1-6,17H2. The number of pyridine rings is 1. The van der Waals surface area contributed by atoms with E-state index in [1.807, 2.05) is 10.9 Å². The number of nitrogens with two attached hydrogens (primary N) is 1. The molecule has 0 saturated heterocycles. The van der Waals surface area contributed by atoms with Crippen LogP contribution in [0.2, 0.25) is 0 Å². The third kappa shape index (κ3) is 2.66. The fraction of sp³-hybridized carbons (Fsp3) is 0.467. The van der Waals surface area contributed by atoms with E-state index in [1.54, 1.807) is 6.07 Å². The van der Waals surface area contributed by atoms with Gasteiger partial charge in [-0.3, -0.25) is 9.67 Å². The summed E-state index contributed by atoms with van der Waals surface area (Å²) in [5.41, 5.74) is 7.91. The van der Waals surface area contributed by atoms with E-state index in [1.165, 1.54) is 37.9 Å². The van der Waals surface area contributed by atoms with Crippen molar-refractivity contribution in [3.8, 4) is 11.4 Å². The average Bonchev–Trinajstić information content (AvgIpc) is 2.66. The van der Waals surface area contributed by atoms with Crippen molar-refractivity contribution in [2.75, 3.05) is 5.73 Å². The van der Waals surface area contributed by atoms with Crippen LogP contribution in [-0.2, 0) is 0 Å². The Labute approximate surface area is 117 Å². The van der Waals surface area contributed by atoms with Crippen molar-refractivity contribution < 1.29 is 4.39 Å². The summed E-state index contributed by atoms with van der Waals surface area (Å²) < 4.78 is 14.9. The van der Waals surface area contributed by atoms with Crippen molar-refractivity contribution in [2.45, 2.75) is 44.6 Å². The van der Waals surface area contributed by atoms with Crippen LogP contribution in [-0.4, -0.2) is 14.8 Å². The maximum absolute atomic E-state index is 12.9. The number of nitrogen functional groups attached to an aromatic ring is 1. The van der Waals surface area contributed by atoms with E-state index in [0.717, 1.165) is 12.8 Å². The first kappa shape index (κ1) is 13.1. The second-order valence-electron chi connectivity index (χ2n) is 5.42. The summed E-state index contributed by atoms with van der Waals surface area (Å²) in [4.78, 5) is 4.06. The minimum absolute atomic E-state index is 0.351. The SMILES string of the molecule is Nc1cn(C2CCCCCC2)nc1-c1ccc(F)cn1. The van der Waals surface area contributed by atoms with Crippen molar-refractivity contribution in [2.24, 2.45) is 0 Å². The summed E-state index contributed by atoms with van der Waals surface area (Å²) in [6.07, 6.45) is 10.5. The van der Waals surface area contributed by atoms with E-state index in [4.69, 9.17) is 5.73 Å². The Kier molecular flexibility index (Phi) is 3.67. The smallest absolute Gasteiger partial charge is 0.141 e. The predicted octanol–water partition coefficient (Wildman–Crippen LogP) is 3.56. The van der Waals surface area contributed by atoms with Crippen LogP contribution >= 0.6 is 0 Å². The second-order valence-corrected chi connectivity index (χ2v) is 5.42. The lowest BCUT2D eigenvalue weighted by molar-refractivity contribution is 0.406. The predicted molar refractivity (Wildman–Crippen MR) is 76.6 cm³/mol. The molecule has 0 atom stereocenters. The van der Waals surface area contributed by atoms with Gasteiger partial charge in [0.05, 0.1) is 23.6 Å². The summed E-state index contributed by atoms with van der Waals surface area (Å²) in [7, 11) is 0. The van der Waals surface area contributed by atoms with Crippen LogP contribution < -0.4 is 5.73 Å². The highest BCUT2D eigenvalue weighted by atomic mass is 19.1. The first-order valence-corrected chi connectivity index (χ1v) is 7.20. The lowest BCUT2D eigenvalue weighted by Crippen LogP contribution is -2.08. The highest BCUT2D eigenvalue weighted by molar-refractivity contribution is 5.68.